The van der Waals surface area contributed by atoms with Crippen LogP contribution in [0.1, 0.15) is 54.7 Å². The van der Waals surface area contributed by atoms with Gasteiger partial charge < -0.3 is 9.80 Å². The van der Waals surface area contributed by atoms with Crippen LogP contribution in [0, 0.1) is 0 Å². The second-order valence-corrected chi connectivity index (χ2v) is 9.28. The predicted molar refractivity (Wildman–Crippen MR) is 118 cm³/mol. The Bertz CT molecular complexity index is 961. The van der Waals surface area contributed by atoms with E-state index in [1.54, 1.807) is 4.90 Å². The van der Waals surface area contributed by atoms with E-state index in [0.29, 0.717) is 6.04 Å². The van der Waals surface area contributed by atoms with Crippen molar-refractivity contribution in [1.82, 2.24) is 25.2 Å². The second kappa shape index (κ2) is 9.42. The van der Waals surface area contributed by atoms with Crippen LogP contribution in [0.25, 0.3) is 0 Å². The monoisotopic (exact) mass is 439 g/mol. The lowest BCUT2D eigenvalue weighted by Crippen LogP contribution is -3.27. The molecule has 7 nitrogen and oxygen atoms in total. The van der Waals surface area contributed by atoms with Gasteiger partial charge in [-0.2, -0.15) is 0 Å². The maximum Gasteiger partial charge on any atom is 0.214 e. The number of halogens is 1. The summed E-state index contributed by atoms with van der Waals surface area (Å²) in [6.45, 7) is 5.50. The summed E-state index contributed by atoms with van der Waals surface area (Å²) in [6, 6.07) is 13.1. The quantitative estimate of drug-likeness (QED) is 0.599. The van der Waals surface area contributed by atoms with E-state index >= 15 is 0 Å². The van der Waals surface area contributed by atoms with Crippen LogP contribution in [0.3, 0.4) is 0 Å². The highest BCUT2D eigenvalue weighted by Crippen LogP contribution is 2.31. The maximum absolute atomic E-state index is 6.20. The number of pyridine rings is 1. The summed E-state index contributed by atoms with van der Waals surface area (Å²) >= 11 is 6.20. The first kappa shape index (κ1) is 20.5. The van der Waals surface area contributed by atoms with Gasteiger partial charge >= 0.3 is 0 Å². The summed E-state index contributed by atoms with van der Waals surface area (Å²) in [5.74, 6) is 1.00. The van der Waals surface area contributed by atoms with E-state index in [2.05, 4.69) is 49.5 Å². The zero-order valence-corrected chi connectivity index (χ0v) is 18.5. The summed E-state index contributed by atoms with van der Waals surface area (Å²) in [4.78, 5) is 7.30. The minimum atomic E-state index is 0.135. The van der Waals surface area contributed by atoms with Crippen molar-refractivity contribution in [3.05, 3.63) is 70.8 Å². The van der Waals surface area contributed by atoms with Gasteiger partial charge in [0, 0.05) is 28.5 Å². The molecule has 0 spiro atoms. The van der Waals surface area contributed by atoms with Crippen LogP contribution in [0.5, 0.6) is 0 Å². The van der Waals surface area contributed by atoms with E-state index < -0.39 is 0 Å². The molecule has 1 saturated heterocycles. The molecule has 0 amide bonds. The standard InChI is InChI=1S/C23H28ClN7/c24-20-7-5-19(6-8-20)22(23-26-27-28-31(23)21-3-1-2-4-21)30-15-13-29(14-16-30)17-18-9-11-25-12-10-18/h5-12,21-22H,1-4,13-17H2/p+2/t22-/m0/s1. The summed E-state index contributed by atoms with van der Waals surface area (Å²) in [6.07, 6.45) is 8.64. The lowest BCUT2D eigenvalue weighted by atomic mass is 10.0. The number of rotatable bonds is 6. The van der Waals surface area contributed by atoms with Gasteiger partial charge in [0.05, 0.1) is 6.04 Å². The summed E-state index contributed by atoms with van der Waals surface area (Å²) in [5.41, 5.74) is 2.60. The first-order chi connectivity index (χ1) is 15.3. The fourth-order valence-corrected chi connectivity index (χ4v) is 5.33. The van der Waals surface area contributed by atoms with E-state index in [-0.39, 0.29) is 6.04 Å². The van der Waals surface area contributed by atoms with Crippen molar-refractivity contribution in [1.29, 1.82) is 0 Å². The molecular weight excluding hydrogens is 410 g/mol. The Balaban J connectivity index is 1.37. The first-order valence-electron chi connectivity index (χ1n) is 11.4. The van der Waals surface area contributed by atoms with Crippen LogP contribution in [-0.4, -0.2) is 51.4 Å². The molecule has 31 heavy (non-hydrogen) atoms. The predicted octanol–water partition coefficient (Wildman–Crippen LogP) is 0.910. The Labute approximate surface area is 188 Å². The Morgan fingerprint density at radius 2 is 1.68 bits per heavy atom. The van der Waals surface area contributed by atoms with Gasteiger partial charge in [0.15, 0.2) is 6.04 Å². The Morgan fingerprint density at radius 1 is 0.968 bits per heavy atom. The molecule has 5 rings (SSSR count). The van der Waals surface area contributed by atoms with E-state index in [1.165, 1.54) is 41.7 Å². The molecule has 2 N–H and O–H groups in total. The third kappa shape index (κ3) is 4.63. The first-order valence-corrected chi connectivity index (χ1v) is 11.8. The van der Waals surface area contributed by atoms with Crippen LogP contribution in [0.4, 0.5) is 0 Å². The highest BCUT2D eigenvalue weighted by molar-refractivity contribution is 6.30. The molecule has 0 bridgehead atoms. The molecule has 8 heteroatoms. The highest BCUT2D eigenvalue weighted by Gasteiger charge is 2.37. The van der Waals surface area contributed by atoms with Gasteiger partial charge in [-0.15, -0.1) is 5.10 Å². The Morgan fingerprint density at radius 3 is 2.39 bits per heavy atom. The summed E-state index contributed by atoms with van der Waals surface area (Å²) < 4.78 is 2.12. The lowest BCUT2D eigenvalue weighted by molar-refractivity contribution is -1.03. The number of quaternary nitrogens is 2. The molecule has 162 valence electrons. The van der Waals surface area contributed by atoms with Crippen LogP contribution < -0.4 is 9.80 Å². The van der Waals surface area contributed by atoms with Gasteiger partial charge in [-0.3, -0.25) is 4.98 Å². The number of tetrazole rings is 1. The average molecular weight is 440 g/mol. The van der Waals surface area contributed by atoms with Crippen molar-refractivity contribution >= 4 is 11.6 Å². The van der Waals surface area contributed by atoms with Crippen molar-refractivity contribution in [3.63, 3.8) is 0 Å². The zero-order valence-electron chi connectivity index (χ0n) is 17.8. The van der Waals surface area contributed by atoms with Gasteiger partial charge in [-0.25, -0.2) is 4.68 Å². The van der Waals surface area contributed by atoms with Crippen LogP contribution in [-0.2, 0) is 6.54 Å². The summed E-state index contributed by atoms with van der Waals surface area (Å²) in [7, 11) is 0. The molecule has 2 aliphatic rings. The number of benzene rings is 1. The Hall–Kier alpha value is -2.35. The SMILES string of the molecule is Clc1ccc([C@@H](c2nnnn2C2CCCC2)[NH+]2CC[NH+](Cc3ccncc3)CC2)cc1. The largest absolute Gasteiger partial charge is 0.322 e. The number of hydrogen-bond acceptors (Lipinski definition) is 4. The van der Waals surface area contributed by atoms with Gasteiger partial charge in [0.2, 0.25) is 5.82 Å². The van der Waals surface area contributed by atoms with Gasteiger partial charge in [-0.1, -0.05) is 36.6 Å². The number of nitrogens with one attached hydrogen (secondary N) is 2. The van der Waals surface area contributed by atoms with Crippen LogP contribution in [0.2, 0.25) is 5.02 Å². The number of nitrogens with zero attached hydrogens (tertiary/aromatic N) is 5. The van der Waals surface area contributed by atoms with Crippen LogP contribution in [0.15, 0.2) is 48.8 Å². The van der Waals surface area contributed by atoms with Crippen molar-refractivity contribution in [3.8, 4) is 0 Å². The third-order valence-electron chi connectivity index (χ3n) is 6.86. The smallest absolute Gasteiger partial charge is 0.214 e. The molecule has 2 aromatic heterocycles. The van der Waals surface area contributed by atoms with E-state index in [1.807, 2.05) is 24.5 Å². The van der Waals surface area contributed by atoms with Gasteiger partial charge in [0.1, 0.15) is 32.7 Å². The fourth-order valence-electron chi connectivity index (χ4n) is 5.20. The van der Waals surface area contributed by atoms with Crippen LogP contribution >= 0.6 is 11.6 Å². The molecular formula is C23H30ClN7+2. The zero-order chi connectivity index (χ0) is 21.0. The molecule has 2 fully saturated rings. The van der Waals surface area contributed by atoms with Crippen molar-refractivity contribution < 1.29 is 9.80 Å². The van der Waals surface area contributed by atoms with E-state index in [4.69, 9.17) is 11.6 Å². The second-order valence-electron chi connectivity index (χ2n) is 8.84. The maximum atomic E-state index is 6.20. The van der Waals surface area contributed by atoms with E-state index in [9.17, 15) is 0 Å². The molecule has 3 aromatic rings. The molecule has 1 aliphatic heterocycles. The van der Waals surface area contributed by atoms with Gasteiger partial charge in [-0.05, 0) is 47.5 Å². The topological polar surface area (TPSA) is 65.4 Å². The molecule has 0 radical (unpaired) electrons. The van der Waals surface area contributed by atoms with Crippen molar-refractivity contribution in [2.45, 2.75) is 44.3 Å². The van der Waals surface area contributed by atoms with E-state index in [0.717, 1.165) is 43.6 Å². The molecule has 1 aliphatic carbocycles. The Kier molecular flexibility index (Phi) is 6.25. The molecule has 1 saturated carbocycles. The van der Waals surface area contributed by atoms with Crippen molar-refractivity contribution in [2.24, 2.45) is 0 Å². The molecule has 1 atom stereocenters. The van der Waals surface area contributed by atoms with Crippen molar-refractivity contribution in [2.75, 3.05) is 26.2 Å². The normalized spacial score (nSPS) is 23.1. The summed E-state index contributed by atoms with van der Waals surface area (Å²) in [5, 5.41) is 13.9. The fraction of sp³-hybridized carbons (Fsp3) is 0.478. The lowest BCUT2D eigenvalue weighted by Gasteiger charge is -2.34. The number of aromatic nitrogens is 5. The third-order valence-corrected chi connectivity index (χ3v) is 7.11. The molecule has 3 heterocycles. The average Bonchev–Trinajstić information content (AvgIpc) is 3.49. The highest BCUT2D eigenvalue weighted by atomic mass is 35.5. The molecule has 1 aromatic carbocycles. The van der Waals surface area contributed by atoms with Gasteiger partial charge in [0.25, 0.3) is 0 Å². The molecule has 0 unspecified atom stereocenters. The number of hydrogen-bond donors (Lipinski definition) is 2. The minimum absolute atomic E-state index is 0.135. The number of piperazine rings is 1. The minimum Gasteiger partial charge on any atom is -0.322 e.